The van der Waals surface area contributed by atoms with Crippen molar-refractivity contribution in [2.75, 3.05) is 5.32 Å². The summed E-state index contributed by atoms with van der Waals surface area (Å²) in [4.78, 5) is 24.8. The summed E-state index contributed by atoms with van der Waals surface area (Å²) in [6.07, 6.45) is 0. The van der Waals surface area contributed by atoms with Gasteiger partial charge in [-0.2, -0.15) is 0 Å². The van der Waals surface area contributed by atoms with Gasteiger partial charge in [0.1, 0.15) is 0 Å². The van der Waals surface area contributed by atoms with Crippen LogP contribution in [0.25, 0.3) is 5.69 Å². The van der Waals surface area contributed by atoms with Gasteiger partial charge in [-0.1, -0.05) is 0 Å². The zero-order valence-corrected chi connectivity index (χ0v) is 17.5. The SMILES string of the molecule is Cc1cc(NC(=O)c2ccc(-n3c(C)ccc3C)cc2)ccc1C(=O)NC(C)C. The fraction of sp³-hybridized carbons (Fsp3) is 0.250. The van der Waals surface area contributed by atoms with Crippen LogP contribution in [0.15, 0.2) is 54.6 Å². The Kier molecular flexibility index (Phi) is 5.87. The molecule has 0 spiro atoms. The molecule has 29 heavy (non-hydrogen) atoms. The lowest BCUT2D eigenvalue weighted by molar-refractivity contribution is 0.0942. The van der Waals surface area contributed by atoms with E-state index in [4.69, 9.17) is 0 Å². The molecule has 0 aliphatic carbocycles. The molecule has 0 aliphatic heterocycles. The second-order valence-electron chi connectivity index (χ2n) is 7.61. The van der Waals surface area contributed by atoms with Gasteiger partial charge in [-0.05, 0) is 94.8 Å². The molecule has 0 atom stereocenters. The summed E-state index contributed by atoms with van der Waals surface area (Å²) in [7, 11) is 0. The number of carbonyl (C=O) groups is 2. The Labute approximate surface area is 171 Å². The third kappa shape index (κ3) is 4.57. The van der Waals surface area contributed by atoms with E-state index in [0.29, 0.717) is 16.8 Å². The highest BCUT2D eigenvalue weighted by atomic mass is 16.2. The van der Waals surface area contributed by atoms with Crippen LogP contribution in [0.5, 0.6) is 0 Å². The Bertz CT molecular complexity index is 1030. The number of aryl methyl sites for hydroxylation is 3. The van der Waals surface area contributed by atoms with Gasteiger partial charge < -0.3 is 15.2 Å². The molecule has 1 aromatic heterocycles. The number of nitrogens with one attached hydrogen (secondary N) is 2. The summed E-state index contributed by atoms with van der Waals surface area (Å²) >= 11 is 0. The number of hydrogen-bond acceptors (Lipinski definition) is 2. The number of nitrogens with zero attached hydrogens (tertiary/aromatic N) is 1. The van der Waals surface area contributed by atoms with E-state index in [1.807, 2.05) is 51.1 Å². The first-order chi connectivity index (χ1) is 13.8. The Balaban J connectivity index is 1.73. The molecule has 0 unspecified atom stereocenters. The van der Waals surface area contributed by atoms with Crippen molar-refractivity contribution in [1.82, 2.24) is 9.88 Å². The molecule has 0 aliphatic rings. The molecule has 2 amide bonds. The van der Waals surface area contributed by atoms with Crippen molar-refractivity contribution in [2.45, 2.75) is 40.7 Å². The number of anilines is 1. The molecule has 5 nitrogen and oxygen atoms in total. The van der Waals surface area contributed by atoms with Crippen LogP contribution >= 0.6 is 0 Å². The molecule has 0 saturated heterocycles. The largest absolute Gasteiger partial charge is 0.350 e. The summed E-state index contributed by atoms with van der Waals surface area (Å²) in [5, 5.41) is 5.79. The van der Waals surface area contributed by atoms with Crippen LogP contribution < -0.4 is 10.6 Å². The lowest BCUT2D eigenvalue weighted by Gasteiger charge is -2.13. The van der Waals surface area contributed by atoms with Crippen LogP contribution in [0.4, 0.5) is 5.69 Å². The van der Waals surface area contributed by atoms with Gasteiger partial charge in [0.15, 0.2) is 0 Å². The summed E-state index contributed by atoms with van der Waals surface area (Å²) in [6.45, 7) is 9.82. The standard InChI is InChI=1S/C24H27N3O2/c1-15(2)25-24(29)22-13-10-20(14-16(22)3)26-23(28)19-8-11-21(12-9-19)27-17(4)6-7-18(27)5/h6-15H,1-5H3,(H,25,29)(H,26,28). The Morgan fingerprint density at radius 2 is 1.45 bits per heavy atom. The van der Waals surface area contributed by atoms with Gasteiger partial charge in [0, 0.05) is 39.9 Å². The first-order valence-electron chi connectivity index (χ1n) is 9.74. The molecular formula is C24H27N3O2. The van der Waals surface area contributed by atoms with E-state index in [1.54, 1.807) is 12.1 Å². The van der Waals surface area contributed by atoms with E-state index in [9.17, 15) is 9.59 Å². The summed E-state index contributed by atoms with van der Waals surface area (Å²) in [5.41, 5.74) is 5.99. The predicted octanol–water partition coefficient (Wildman–Crippen LogP) is 4.79. The first kappa shape index (κ1) is 20.4. The summed E-state index contributed by atoms with van der Waals surface area (Å²) in [5.74, 6) is -0.294. The zero-order chi connectivity index (χ0) is 21.1. The van der Waals surface area contributed by atoms with Crippen LogP contribution in [0.3, 0.4) is 0 Å². The maximum Gasteiger partial charge on any atom is 0.255 e. The smallest absolute Gasteiger partial charge is 0.255 e. The fourth-order valence-corrected chi connectivity index (χ4v) is 3.38. The molecule has 5 heteroatoms. The molecule has 2 N–H and O–H groups in total. The Morgan fingerprint density at radius 3 is 2.00 bits per heavy atom. The van der Waals surface area contributed by atoms with Crippen LogP contribution in [0, 0.1) is 20.8 Å². The highest BCUT2D eigenvalue weighted by molar-refractivity contribution is 6.05. The van der Waals surface area contributed by atoms with E-state index in [-0.39, 0.29) is 17.9 Å². The van der Waals surface area contributed by atoms with Crippen molar-refractivity contribution in [3.05, 3.63) is 82.7 Å². The summed E-state index contributed by atoms with van der Waals surface area (Å²) < 4.78 is 2.14. The van der Waals surface area contributed by atoms with Crippen molar-refractivity contribution in [2.24, 2.45) is 0 Å². The minimum atomic E-state index is -0.184. The third-order valence-electron chi connectivity index (χ3n) is 4.81. The van der Waals surface area contributed by atoms with Crippen LogP contribution in [-0.4, -0.2) is 22.4 Å². The van der Waals surface area contributed by atoms with Gasteiger partial charge in [-0.25, -0.2) is 0 Å². The van der Waals surface area contributed by atoms with Gasteiger partial charge in [-0.15, -0.1) is 0 Å². The van der Waals surface area contributed by atoms with E-state index in [0.717, 1.165) is 22.6 Å². The van der Waals surface area contributed by atoms with E-state index in [2.05, 4.69) is 41.2 Å². The third-order valence-corrected chi connectivity index (χ3v) is 4.81. The van der Waals surface area contributed by atoms with Gasteiger partial charge in [-0.3, -0.25) is 9.59 Å². The minimum Gasteiger partial charge on any atom is -0.350 e. The van der Waals surface area contributed by atoms with Crippen molar-refractivity contribution in [1.29, 1.82) is 0 Å². The predicted molar refractivity (Wildman–Crippen MR) is 117 cm³/mol. The number of carbonyl (C=O) groups excluding carboxylic acids is 2. The molecule has 1 heterocycles. The topological polar surface area (TPSA) is 63.1 Å². The number of rotatable bonds is 5. The van der Waals surface area contributed by atoms with Crippen molar-refractivity contribution in [3.8, 4) is 5.69 Å². The molecule has 3 aromatic rings. The molecule has 150 valence electrons. The van der Waals surface area contributed by atoms with Crippen molar-refractivity contribution >= 4 is 17.5 Å². The maximum atomic E-state index is 12.6. The monoisotopic (exact) mass is 389 g/mol. The fourth-order valence-electron chi connectivity index (χ4n) is 3.38. The average molecular weight is 389 g/mol. The number of amides is 2. The van der Waals surface area contributed by atoms with Crippen LogP contribution in [-0.2, 0) is 0 Å². The average Bonchev–Trinajstić information content (AvgIpc) is 2.99. The quantitative estimate of drug-likeness (QED) is 0.659. The van der Waals surface area contributed by atoms with Crippen LogP contribution in [0.1, 0.15) is 51.5 Å². The van der Waals surface area contributed by atoms with E-state index < -0.39 is 0 Å². The van der Waals surface area contributed by atoms with Gasteiger partial charge in [0.25, 0.3) is 11.8 Å². The number of hydrogen-bond donors (Lipinski definition) is 2. The molecule has 3 rings (SSSR count). The molecule has 0 fully saturated rings. The normalized spacial score (nSPS) is 10.8. The van der Waals surface area contributed by atoms with Gasteiger partial charge >= 0.3 is 0 Å². The van der Waals surface area contributed by atoms with Crippen molar-refractivity contribution in [3.63, 3.8) is 0 Å². The lowest BCUT2D eigenvalue weighted by Crippen LogP contribution is -2.30. The Morgan fingerprint density at radius 1 is 0.828 bits per heavy atom. The molecule has 0 bridgehead atoms. The second-order valence-corrected chi connectivity index (χ2v) is 7.61. The van der Waals surface area contributed by atoms with Crippen molar-refractivity contribution < 1.29 is 9.59 Å². The second kappa shape index (κ2) is 8.35. The number of aromatic nitrogens is 1. The Hall–Kier alpha value is -3.34. The lowest BCUT2D eigenvalue weighted by atomic mass is 10.1. The molecule has 2 aromatic carbocycles. The molecule has 0 radical (unpaired) electrons. The highest BCUT2D eigenvalue weighted by Crippen LogP contribution is 2.19. The van der Waals surface area contributed by atoms with E-state index >= 15 is 0 Å². The highest BCUT2D eigenvalue weighted by Gasteiger charge is 2.12. The molecule has 0 saturated carbocycles. The van der Waals surface area contributed by atoms with Gasteiger partial charge in [0.2, 0.25) is 0 Å². The van der Waals surface area contributed by atoms with Crippen LogP contribution in [0.2, 0.25) is 0 Å². The first-order valence-corrected chi connectivity index (χ1v) is 9.74. The van der Waals surface area contributed by atoms with E-state index in [1.165, 1.54) is 0 Å². The maximum absolute atomic E-state index is 12.6. The molecular weight excluding hydrogens is 362 g/mol. The summed E-state index contributed by atoms with van der Waals surface area (Å²) in [6, 6.07) is 17.1. The zero-order valence-electron chi connectivity index (χ0n) is 17.5. The van der Waals surface area contributed by atoms with Gasteiger partial charge in [0.05, 0.1) is 0 Å². The minimum absolute atomic E-state index is 0.0726. The number of benzene rings is 2.